The molecule has 216 valence electrons. The molecule has 3 aromatic rings. The molecule has 10 nitrogen and oxygen atoms in total. The van der Waals surface area contributed by atoms with E-state index in [1.807, 2.05) is 24.3 Å². The molecule has 3 saturated carbocycles. The highest BCUT2D eigenvalue weighted by atomic mass is 16.5. The van der Waals surface area contributed by atoms with Gasteiger partial charge in [-0.05, 0) is 68.1 Å². The Kier molecular flexibility index (Phi) is 7.89. The number of rotatable bonds is 11. The third kappa shape index (κ3) is 6.52. The topological polar surface area (TPSA) is 139 Å². The van der Waals surface area contributed by atoms with Crippen LogP contribution in [-0.4, -0.2) is 52.2 Å². The van der Waals surface area contributed by atoms with Gasteiger partial charge in [0.15, 0.2) is 0 Å². The number of carbonyl (C=O) groups is 3. The second-order valence-corrected chi connectivity index (χ2v) is 11.7. The molecular weight excluding hydrogens is 522 g/mol. The van der Waals surface area contributed by atoms with E-state index in [0.29, 0.717) is 41.1 Å². The van der Waals surface area contributed by atoms with Gasteiger partial charge in [0.05, 0.1) is 19.0 Å². The zero-order valence-corrected chi connectivity index (χ0v) is 23.4. The van der Waals surface area contributed by atoms with Gasteiger partial charge in [-0.2, -0.15) is 5.10 Å². The number of hydrogen-bond donors (Lipinski definition) is 3. The predicted molar refractivity (Wildman–Crippen MR) is 151 cm³/mol. The normalized spacial score (nSPS) is 18.2. The van der Waals surface area contributed by atoms with Gasteiger partial charge in [-0.15, -0.1) is 0 Å². The number of aromatic nitrogens is 3. The van der Waals surface area contributed by atoms with Crippen LogP contribution in [0.5, 0.6) is 0 Å². The molecule has 0 spiro atoms. The lowest BCUT2D eigenvalue weighted by molar-refractivity contribution is -0.143. The summed E-state index contributed by atoms with van der Waals surface area (Å²) in [6.45, 7) is 0. The van der Waals surface area contributed by atoms with E-state index in [4.69, 9.17) is 9.15 Å². The van der Waals surface area contributed by atoms with E-state index in [0.717, 1.165) is 31.2 Å². The van der Waals surface area contributed by atoms with E-state index in [1.54, 1.807) is 6.07 Å². The molecule has 6 rings (SSSR count). The number of amides is 2. The van der Waals surface area contributed by atoms with Crippen LogP contribution in [-0.2, 0) is 9.53 Å². The Labute approximate surface area is 239 Å². The largest absolute Gasteiger partial charge is 0.467 e. The number of methoxy groups -OCH3 is 1. The van der Waals surface area contributed by atoms with Gasteiger partial charge in [0.1, 0.15) is 11.7 Å². The zero-order valence-electron chi connectivity index (χ0n) is 23.4. The number of H-pyrrole nitrogens is 1. The quantitative estimate of drug-likeness (QED) is 0.284. The van der Waals surface area contributed by atoms with Crippen molar-refractivity contribution in [1.82, 2.24) is 25.8 Å². The molecule has 1 aromatic carbocycles. The first kappa shape index (κ1) is 27.2. The van der Waals surface area contributed by atoms with Crippen LogP contribution in [0, 0.1) is 17.8 Å². The molecule has 0 saturated heterocycles. The molecule has 3 fully saturated rings. The highest BCUT2D eigenvalue weighted by Crippen LogP contribution is 2.44. The molecule has 3 aliphatic carbocycles. The van der Waals surface area contributed by atoms with Crippen LogP contribution in [0.4, 0.5) is 0 Å². The van der Waals surface area contributed by atoms with Gasteiger partial charge < -0.3 is 19.8 Å². The Morgan fingerprint density at radius 3 is 2.41 bits per heavy atom. The second-order valence-electron chi connectivity index (χ2n) is 11.7. The lowest BCUT2D eigenvalue weighted by atomic mass is 9.85. The molecule has 0 bridgehead atoms. The molecule has 0 aliphatic heterocycles. The first-order chi connectivity index (χ1) is 20.0. The zero-order chi connectivity index (χ0) is 28.3. The maximum Gasteiger partial charge on any atom is 0.328 e. The third-order valence-electron chi connectivity index (χ3n) is 8.60. The third-order valence-corrected chi connectivity index (χ3v) is 8.60. The number of carbonyl (C=O) groups excluding carboxylic acids is 3. The van der Waals surface area contributed by atoms with Crippen molar-refractivity contribution < 1.29 is 23.5 Å². The van der Waals surface area contributed by atoms with E-state index in [-0.39, 0.29) is 23.6 Å². The molecule has 10 heteroatoms. The monoisotopic (exact) mass is 559 g/mol. The van der Waals surface area contributed by atoms with Crippen molar-refractivity contribution in [2.75, 3.05) is 7.11 Å². The molecule has 3 aliphatic rings. The molecule has 2 amide bonds. The number of nitrogens with one attached hydrogen (secondary N) is 3. The van der Waals surface area contributed by atoms with Crippen molar-refractivity contribution in [3.8, 4) is 22.7 Å². The SMILES string of the molecule is COC(=O)C(CC1CCCCC1)NC(=O)c1cnc(-c2cccc(-c3cc(C(=O)NC(C4CC4)C4CC4)[nH]n3)c2)o1. The van der Waals surface area contributed by atoms with Crippen molar-refractivity contribution in [2.24, 2.45) is 17.8 Å². The summed E-state index contributed by atoms with van der Waals surface area (Å²) in [6.07, 6.45) is 12.3. The Morgan fingerprint density at radius 2 is 1.71 bits per heavy atom. The van der Waals surface area contributed by atoms with Crippen LogP contribution in [0.3, 0.4) is 0 Å². The molecule has 1 unspecified atom stereocenters. The number of oxazole rings is 1. The fraction of sp³-hybridized carbons (Fsp3) is 0.516. The number of hydrogen-bond acceptors (Lipinski definition) is 7. The van der Waals surface area contributed by atoms with Gasteiger partial charge >= 0.3 is 5.97 Å². The summed E-state index contributed by atoms with van der Waals surface area (Å²) in [5, 5.41) is 13.2. The predicted octanol–water partition coefficient (Wildman–Crippen LogP) is 4.89. The maximum absolute atomic E-state index is 13.0. The number of aromatic amines is 1. The van der Waals surface area contributed by atoms with E-state index in [2.05, 4.69) is 25.8 Å². The van der Waals surface area contributed by atoms with Crippen molar-refractivity contribution in [1.29, 1.82) is 0 Å². The average molecular weight is 560 g/mol. The van der Waals surface area contributed by atoms with Crippen molar-refractivity contribution in [3.05, 3.63) is 48.0 Å². The van der Waals surface area contributed by atoms with Crippen LogP contribution in [0.15, 0.2) is 40.9 Å². The minimum atomic E-state index is -0.734. The van der Waals surface area contributed by atoms with Crippen LogP contribution in [0.1, 0.15) is 85.3 Å². The summed E-state index contributed by atoms with van der Waals surface area (Å²) in [7, 11) is 1.33. The lowest BCUT2D eigenvalue weighted by Gasteiger charge is -2.25. The van der Waals surface area contributed by atoms with Gasteiger partial charge in [-0.3, -0.25) is 14.7 Å². The molecule has 1 atom stereocenters. The van der Waals surface area contributed by atoms with Gasteiger partial charge in [-0.25, -0.2) is 9.78 Å². The molecule has 41 heavy (non-hydrogen) atoms. The summed E-state index contributed by atoms with van der Waals surface area (Å²) >= 11 is 0. The molecular formula is C31H37N5O5. The van der Waals surface area contributed by atoms with Gasteiger partial charge in [-0.1, -0.05) is 44.2 Å². The lowest BCUT2D eigenvalue weighted by Crippen LogP contribution is -2.42. The van der Waals surface area contributed by atoms with Gasteiger partial charge in [0.25, 0.3) is 11.8 Å². The average Bonchev–Trinajstić information content (AvgIpc) is 3.92. The van der Waals surface area contributed by atoms with E-state index >= 15 is 0 Å². The molecule has 3 N–H and O–H groups in total. The summed E-state index contributed by atoms with van der Waals surface area (Å²) in [6, 6.07) is 8.69. The van der Waals surface area contributed by atoms with Gasteiger partial charge in [0.2, 0.25) is 11.7 Å². The van der Waals surface area contributed by atoms with Crippen molar-refractivity contribution in [2.45, 2.75) is 76.3 Å². The first-order valence-electron chi connectivity index (χ1n) is 14.8. The van der Waals surface area contributed by atoms with Crippen LogP contribution in [0.2, 0.25) is 0 Å². The summed E-state index contributed by atoms with van der Waals surface area (Å²) in [4.78, 5) is 42.6. The Bertz CT molecular complexity index is 1390. The molecule has 2 heterocycles. The van der Waals surface area contributed by atoms with E-state index in [1.165, 1.54) is 45.4 Å². The maximum atomic E-state index is 13.0. The molecule has 0 radical (unpaired) electrons. The Morgan fingerprint density at radius 1 is 0.976 bits per heavy atom. The smallest absolute Gasteiger partial charge is 0.328 e. The van der Waals surface area contributed by atoms with E-state index < -0.39 is 17.9 Å². The highest BCUT2D eigenvalue weighted by Gasteiger charge is 2.42. The highest BCUT2D eigenvalue weighted by molar-refractivity contribution is 5.95. The fourth-order valence-electron chi connectivity index (χ4n) is 6.01. The van der Waals surface area contributed by atoms with E-state index in [9.17, 15) is 14.4 Å². The standard InChI is InChI=1S/C31H37N5O5/c1-40-31(39)25(14-18-6-3-2-4-7-18)33-29(38)26-17-32-30(41-26)22-9-5-8-21(15-22)23-16-24(36-35-23)28(37)34-27(19-10-11-19)20-12-13-20/h5,8-9,15-20,25,27H,2-4,6-7,10-14H2,1H3,(H,33,38)(H,34,37)(H,35,36). The number of nitrogens with zero attached hydrogens (tertiary/aromatic N) is 2. The fourth-order valence-corrected chi connectivity index (χ4v) is 6.01. The summed E-state index contributed by atoms with van der Waals surface area (Å²) < 4.78 is 10.8. The number of ether oxygens (including phenoxy) is 1. The minimum Gasteiger partial charge on any atom is -0.467 e. The van der Waals surface area contributed by atoms with Crippen molar-refractivity contribution in [3.63, 3.8) is 0 Å². The van der Waals surface area contributed by atoms with Crippen LogP contribution < -0.4 is 10.6 Å². The Balaban J connectivity index is 1.11. The summed E-state index contributed by atoms with van der Waals surface area (Å²) in [5.74, 6) is 0.798. The number of benzene rings is 1. The van der Waals surface area contributed by atoms with Crippen molar-refractivity contribution >= 4 is 17.8 Å². The van der Waals surface area contributed by atoms with Crippen LogP contribution >= 0.6 is 0 Å². The molecule has 2 aromatic heterocycles. The Hall–Kier alpha value is -3.95. The second kappa shape index (κ2) is 11.9. The first-order valence-corrected chi connectivity index (χ1v) is 14.8. The number of esters is 1. The van der Waals surface area contributed by atoms with Gasteiger partial charge in [0, 0.05) is 17.2 Å². The summed E-state index contributed by atoms with van der Waals surface area (Å²) in [5.41, 5.74) is 2.49. The minimum absolute atomic E-state index is 0.0163. The van der Waals surface area contributed by atoms with Crippen LogP contribution in [0.25, 0.3) is 22.7 Å².